The predicted molar refractivity (Wildman–Crippen MR) is 72.0 cm³/mol. The summed E-state index contributed by atoms with van der Waals surface area (Å²) in [6.45, 7) is 7.82. The third-order valence-electron chi connectivity index (χ3n) is 3.14. The van der Waals surface area contributed by atoms with Gasteiger partial charge in [0.25, 0.3) is 0 Å². The molecule has 0 heterocycles. The van der Waals surface area contributed by atoms with Gasteiger partial charge in [-0.2, -0.15) is 0 Å². The van der Waals surface area contributed by atoms with Crippen molar-refractivity contribution in [2.75, 3.05) is 5.32 Å². The highest BCUT2D eigenvalue weighted by molar-refractivity contribution is 5.98. The van der Waals surface area contributed by atoms with E-state index in [1.165, 1.54) is 0 Å². The average Bonchev–Trinajstić information content (AvgIpc) is 2.24. The van der Waals surface area contributed by atoms with Gasteiger partial charge in [0.2, 0.25) is 5.91 Å². The summed E-state index contributed by atoms with van der Waals surface area (Å²) in [4.78, 5) is 12.1. The fourth-order valence-corrected chi connectivity index (χ4v) is 1.78. The lowest BCUT2D eigenvalue weighted by Gasteiger charge is -2.23. The first-order valence-corrected chi connectivity index (χ1v) is 6.05. The monoisotopic (exact) mass is 234 g/mol. The van der Waals surface area contributed by atoms with Crippen LogP contribution in [0.2, 0.25) is 0 Å². The Balaban J connectivity index is 2.85. The van der Waals surface area contributed by atoms with Crippen molar-refractivity contribution in [2.24, 2.45) is 5.73 Å². The maximum absolute atomic E-state index is 12.1. The molecule has 3 heteroatoms. The Kier molecular flexibility index (Phi) is 4.29. The zero-order chi connectivity index (χ0) is 13.1. The van der Waals surface area contributed by atoms with Gasteiger partial charge in [0.05, 0.1) is 5.54 Å². The molecule has 94 valence electrons. The van der Waals surface area contributed by atoms with Gasteiger partial charge in [0.15, 0.2) is 0 Å². The summed E-state index contributed by atoms with van der Waals surface area (Å²) in [6.07, 6.45) is 1.58. The molecule has 3 nitrogen and oxygen atoms in total. The molecule has 0 spiro atoms. The van der Waals surface area contributed by atoms with Crippen LogP contribution in [-0.4, -0.2) is 11.4 Å². The Morgan fingerprint density at radius 1 is 1.41 bits per heavy atom. The van der Waals surface area contributed by atoms with Crippen molar-refractivity contribution in [3.8, 4) is 0 Å². The highest BCUT2D eigenvalue weighted by Gasteiger charge is 2.27. The first-order chi connectivity index (χ1) is 7.88. The van der Waals surface area contributed by atoms with Crippen LogP contribution in [0.1, 0.15) is 37.8 Å². The molecular weight excluding hydrogens is 212 g/mol. The highest BCUT2D eigenvalue weighted by atomic mass is 16.2. The first-order valence-electron chi connectivity index (χ1n) is 6.05. The van der Waals surface area contributed by atoms with E-state index in [1.807, 2.05) is 39.0 Å². The summed E-state index contributed by atoms with van der Waals surface area (Å²) in [5.74, 6) is -0.118. The van der Waals surface area contributed by atoms with E-state index in [0.29, 0.717) is 6.42 Å². The molecule has 0 bridgehead atoms. The Bertz CT molecular complexity index is 411. The molecule has 3 N–H and O–H groups in total. The van der Waals surface area contributed by atoms with Gasteiger partial charge in [0.1, 0.15) is 0 Å². The minimum absolute atomic E-state index is 0.118. The molecule has 0 radical (unpaired) electrons. The maximum Gasteiger partial charge on any atom is 0.244 e. The van der Waals surface area contributed by atoms with Crippen LogP contribution >= 0.6 is 0 Å². The highest BCUT2D eigenvalue weighted by Crippen LogP contribution is 2.20. The van der Waals surface area contributed by atoms with Crippen LogP contribution in [0.15, 0.2) is 18.2 Å². The lowest BCUT2D eigenvalue weighted by molar-refractivity contribution is -0.120. The fraction of sp³-hybridized carbons (Fsp3) is 0.500. The van der Waals surface area contributed by atoms with Gasteiger partial charge < -0.3 is 11.1 Å². The van der Waals surface area contributed by atoms with Crippen molar-refractivity contribution < 1.29 is 4.79 Å². The quantitative estimate of drug-likeness (QED) is 0.841. The smallest absolute Gasteiger partial charge is 0.244 e. The van der Waals surface area contributed by atoms with E-state index in [2.05, 4.69) is 5.32 Å². The molecule has 1 atom stereocenters. The third kappa shape index (κ3) is 3.30. The molecule has 0 saturated carbocycles. The normalized spacial score (nSPS) is 14.2. The topological polar surface area (TPSA) is 55.1 Å². The van der Waals surface area contributed by atoms with Crippen LogP contribution in [0.3, 0.4) is 0 Å². The lowest BCUT2D eigenvalue weighted by Crippen LogP contribution is -2.48. The van der Waals surface area contributed by atoms with E-state index < -0.39 is 5.54 Å². The predicted octanol–water partition coefficient (Wildman–Crippen LogP) is 2.76. The zero-order valence-electron chi connectivity index (χ0n) is 11.1. The number of anilines is 1. The molecule has 0 aliphatic heterocycles. The standard InChI is InChI=1S/C14H22N2O/c1-5-9-14(4,15)13(17)16-12-8-6-7-10(2)11(12)3/h6-8H,5,9,15H2,1-4H3,(H,16,17). The Morgan fingerprint density at radius 2 is 2.06 bits per heavy atom. The Labute approximate surface area is 103 Å². The third-order valence-corrected chi connectivity index (χ3v) is 3.14. The number of hydrogen-bond acceptors (Lipinski definition) is 2. The van der Waals surface area contributed by atoms with Gasteiger partial charge in [0, 0.05) is 5.69 Å². The average molecular weight is 234 g/mol. The second-order valence-corrected chi connectivity index (χ2v) is 4.87. The van der Waals surface area contributed by atoms with Gasteiger partial charge in [-0.15, -0.1) is 0 Å². The van der Waals surface area contributed by atoms with E-state index in [1.54, 1.807) is 6.92 Å². The molecule has 0 saturated heterocycles. The summed E-state index contributed by atoms with van der Waals surface area (Å²) >= 11 is 0. The van der Waals surface area contributed by atoms with E-state index in [9.17, 15) is 4.79 Å². The summed E-state index contributed by atoms with van der Waals surface area (Å²) in [7, 11) is 0. The number of benzene rings is 1. The van der Waals surface area contributed by atoms with Crippen LogP contribution in [0.4, 0.5) is 5.69 Å². The Hall–Kier alpha value is -1.35. The number of amides is 1. The Morgan fingerprint density at radius 3 is 2.65 bits per heavy atom. The van der Waals surface area contributed by atoms with Crippen LogP contribution in [0, 0.1) is 13.8 Å². The van der Waals surface area contributed by atoms with Gasteiger partial charge in [-0.1, -0.05) is 25.5 Å². The number of carbonyl (C=O) groups is 1. The van der Waals surface area contributed by atoms with Crippen molar-refractivity contribution in [1.82, 2.24) is 0 Å². The minimum Gasteiger partial charge on any atom is -0.324 e. The van der Waals surface area contributed by atoms with E-state index in [-0.39, 0.29) is 5.91 Å². The molecule has 0 fully saturated rings. The second kappa shape index (κ2) is 5.32. The summed E-state index contributed by atoms with van der Waals surface area (Å²) in [5.41, 5.74) is 8.30. The van der Waals surface area contributed by atoms with Gasteiger partial charge >= 0.3 is 0 Å². The largest absolute Gasteiger partial charge is 0.324 e. The number of hydrogen-bond donors (Lipinski definition) is 2. The van der Waals surface area contributed by atoms with Crippen LogP contribution in [0.5, 0.6) is 0 Å². The SMILES string of the molecule is CCCC(C)(N)C(=O)Nc1cccc(C)c1C. The number of rotatable bonds is 4. The van der Waals surface area contributed by atoms with Crippen molar-refractivity contribution in [3.05, 3.63) is 29.3 Å². The van der Waals surface area contributed by atoms with E-state index in [4.69, 9.17) is 5.73 Å². The molecule has 1 aromatic rings. The second-order valence-electron chi connectivity index (χ2n) is 4.87. The molecule has 1 amide bonds. The van der Waals surface area contributed by atoms with E-state index in [0.717, 1.165) is 23.2 Å². The number of carbonyl (C=O) groups excluding carboxylic acids is 1. The molecule has 0 aromatic heterocycles. The summed E-state index contributed by atoms with van der Waals surface area (Å²) in [5, 5.41) is 2.91. The van der Waals surface area contributed by atoms with Gasteiger partial charge in [-0.25, -0.2) is 0 Å². The van der Waals surface area contributed by atoms with Crippen molar-refractivity contribution in [1.29, 1.82) is 0 Å². The minimum atomic E-state index is -0.801. The van der Waals surface area contributed by atoms with Crippen molar-refractivity contribution in [3.63, 3.8) is 0 Å². The molecule has 17 heavy (non-hydrogen) atoms. The molecule has 1 aromatic carbocycles. The van der Waals surface area contributed by atoms with E-state index >= 15 is 0 Å². The molecule has 0 aliphatic carbocycles. The van der Waals surface area contributed by atoms with Gasteiger partial charge in [-0.3, -0.25) is 4.79 Å². The van der Waals surface area contributed by atoms with Crippen LogP contribution < -0.4 is 11.1 Å². The van der Waals surface area contributed by atoms with Crippen molar-refractivity contribution >= 4 is 11.6 Å². The fourth-order valence-electron chi connectivity index (χ4n) is 1.78. The zero-order valence-corrected chi connectivity index (χ0v) is 11.1. The van der Waals surface area contributed by atoms with Crippen molar-refractivity contribution in [2.45, 2.75) is 46.1 Å². The summed E-state index contributed by atoms with van der Waals surface area (Å²) in [6, 6.07) is 5.87. The lowest BCUT2D eigenvalue weighted by atomic mass is 9.96. The van der Waals surface area contributed by atoms with Crippen LogP contribution in [-0.2, 0) is 4.79 Å². The first kappa shape index (κ1) is 13.7. The molecule has 0 aliphatic rings. The number of nitrogens with two attached hydrogens (primary N) is 1. The van der Waals surface area contributed by atoms with Crippen LogP contribution in [0.25, 0.3) is 0 Å². The molecule has 1 rings (SSSR count). The molecular formula is C14H22N2O. The van der Waals surface area contributed by atoms with Gasteiger partial charge in [-0.05, 0) is 44.4 Å². The summed E-state index contributed by atoms with van der Waals surface area (Å²) < 4.78 is 0. The molecule has 1 unspecified atom stereocenters. The maximum atomic E-state index is 12.1. The number of aryl methyl sites for hydroxylation is 1. The number of nitrogens with one attached hydrogen (secondary N) is 1.